The van der Waals surface area contributed by atoms with Crippen LogP contribution in [0.3, 0.4) is 0 Å². The zero-order chi connectivity index (χ0) is 24.2. The fourth-order valence-electron chi connectivity index (χ4n) is 3.80. The Morgan fingerprint density at radius 2 is 1.68 bits per heavy atom. The quantitative estimate of drug-likeness (QED) is 0.432. The van der Waals surface area contributed by atoms with Gasteiger partial charge < -0.3 is 10.6 Å². The van der Waals surface area contributed by atoms with E-state index < -0.39 is 11.6 Å². The SMILES string of the molecule is CCC(=O)Nc1ccc(C)cc1-c1nc2ccccc2n([C@H](C)C(=O)Nc2ccccc2)c1=O. The zero-order valence-electron chi connectivity index (χ0n) is 19.3. The van der Waals surface area contributed by atoms with E-state index in [0.29, 0.717) is 34.4 Å². The van der Waals surface area contributed by atoms with Crippen LogP contribution in [0, 0.1) is 6.92 Å². The molecule has 0 aliphatic heterocycles. The Balaban J connectivity index is 1.88. The molecule has 0 spiro atoms. The first-order valence-electron chi connectivity index (χ1n) is 11.2. The van der Waals surface area contributed by atoms with E-state index in [0.717, 1.165) is 5.56 Å². The van der Waals surface area contributed by atoms with Gasteiger partial charge in [-0.25, -0.2) is 4.98 Å². The molecule has 7 heteroatoms. The lowest BCUT2D eigenvalue weighted by atomic mass is 10.1. The molecule has 0 saturated carbocycles. The summed E-state index contributed by atoms with van der Waals surface area (Å²) in [6.45, 7) is 5.35. The van der Waals surface area contributed by atoms with Crippen LogP contribution in [0.15, 0.2) is 77.6 Å². The van der Waals surface area contributed by atoms with Crippen molar-refractivity contribution in [1.29, 1.82) is 0 Å². The number of benzene rings is 3. The van der Waals surface area contributed by atoms with Gasteiger partial charge in [-0.05, 0) is 50.2 Å². The third-order valence-electron chi connectivity index (χ3n) is 5.63. The minimum Gasteiger partial charge on any atom is -0.325 e. The molecule has 172 valence electrons. The number of hydrogen-bond donors (Lipinski definition) is 2. The number of aryl methyl sites for hydroxylation is 1. The summed E-state index contributed by atoms with van der Waals surface area (Å²) in [6.07, 6.45) is 0.305. The van der Waals surface area contributed by atoms with Crippen molar-refractivity contribution >= 4 is 34.2 Å². The molecule has 0 saturated heterocycles. The van der Waals surface area contributed by atoms with Crippen LogP contribution < -0.4 is 16.2 Å². The number of nitrogens with zero attached hydrogens (tertiary/aromatic N) is 2. The van der Waals surface area contributed by atoms with Gasteiger partial charge in [0.25, 0.3) is 5.56 Å². The van der Waals surface area contributed by atoms with E-state index in [1.54, 1.807) is 50.2 Å². The highest BCUT2D eigenvalue weighted by molar-refractivity contribution is 5.96. The Labute approximate surface area is 197 Å². The molecular formula is C27H26N4O3. The fourth-order valence-corrected chi connectivity index (χ4v) is 3.80. The molecule has 0 fully saturated rings. The lowest BCUT2D eigenvalue weighted by Gasteiger charge is -2.20. The summed E-state index contributed by atoms with van der Waals surface area (Å²) in [7, 11) is 0. The molecule has 3 aromatic carbocycles. The molecule has 2 amide bonds. The number of aromatic nitrogens is 2. The van der Waals surface area contributed by atoms with Gasteiger partial charge in [0.15, 0.2) is 0 Å². The fraction of sp³-hybridized carbons (Fsp3) is 0.185. The van der Waals surface area contributed by atoms with Gasteiger partial charge >= 0.3 is 0 Å². The van der Waals surface area contributed by atoms with Crippen LogP contribution in [-0.2, 0) is 9.59 Å². The molecule has 1 heterocycles. The molecule has 1 aromatic heterocycles. The Hall–Kier alpha value is -4.26. The van der Waals surface area contributed by atoms with Crippen LogP contribution in [0.4, 0.5) is 11.4 Å². The van der Waals surface area contributed by atoms with Gasteiger partial charge in [0.2, 0.25) is 11.8 Å². The largest absolute Gasteiger partial charge is 0.325 e. The number of carbonyl (C=O) groups excluding carboxylic acids is 2. The van der Waals surface area contributed by atoms with Gasteiger partial charge in [-0.2, -0.15) is 0 Å². The Bertz CT molecular complexity index is 1430. The normalized spacial score (nSPS) is 11.7. The Morgan fingerprint density at radius 1 is 0.971 bits per heavy atom. The van der Waals surface area contributed by atoms with Gasteiger partial charge in [0.05, 0.1) is 16.7 Å². The van der Waals surface area contributed by atoms with E-state index in [9.17, 15) is 14.4 Å². The number of rotatable bonds is 6. The van der Waals surface area contributed by atoms with Gasteiger partial charge in [-0.1, -0.05) is 48.9 Å². The predicted molar refractivity (Wildman–Crippen MR) is 135 cm³/mol. The number of hydrogen-bond acceptors (Lipinski definition) is 4. The van der Waals surface area contributed by atoms with Crippen LogP contribution in [0.2, 0.25) is 0 Å². The van der Waals surface area contributed by atoms with E-state index in [1.807, 2.05) is 43.3 Å². The van der Waals surface area contributed by atoms with Crippen LogP contribution in [0.25, 0.3) is 22.3 Å². The van der Waals surface area contributed by atoms with Crippen molar-refractivity contribution in [2.45, 2.75) is 33.2 Å². The summed E-state index contributed by atoms with van der Waals surface area (Å²) < 4.78 is 1.46. The molecule has 0 radical (unpaired) electrons. The molecule has 4 rings (SSSR count). The van der Waals surface area contributed by atoms with E-state index >= 15 is 0 Å². The zero-order valence-corrected chi connectivity index (χ0v) is 19.3. The average molecular weight is 455 g/mol. The van der Waals surface area contributed by atoms with Crippen LogP contribution in [0.5, 0.6) is 0 Å². The van der Waals surface area contributed by atoms with Crippen molar-refractivity contribution in [3.8, 4) is 11.3 Å². The Kier molecular flexibility index (Phi) is 6.54. The van der Waals surface area contributed by atoms with Crippen LogP contribution in [-0.4, -0.2) is 21.4 Å². The minimum atomic E-state index is -0.808. The van der Waals surface area contributed by atoms with Crippen molar-refractivity contribution in [2.75, 3.05) is 10.6 Å². The van der Waals surface area contributed by atoms with E-state index in [2.05, 4.69) is 15.6 Å². The summed E-state index contributed by atoms with van der Waals surface area (Å²) >= 11 is 0. The third-order valence-corrected chi connectivity index (χ3v) is 5.63. The Morgan fingerprint density at radius 3 is 2.41 bits per heavy atom. The highest BCUT2D eigenvalue weighted by Gasteiger charge is 2.23. The summed E-state index contributed by atoms with van der Waals surface area (Å²) in [5, 5.41) is 5.73. The van der Waals surface area contributed by atoms with Gasteiger partial charge in [0.1, 0.15) is 11.7 Å². The van der Waals surface area contributed by atoms with Crippen LogP contribution in [0.1, 0.15) is 31.9 Å². The maximum absolute atomic E-state index is 13.8. The lowest BCUT2D eigenvalue weighted by molar-refractivity contribution is -0.119. The summed E-state index contributed by atoms with van der Waals surface area (Å²) in [5.74, 6) is -0.485. The van der Waals surface area contributed by atoms with Gasteiger partial charge in [0, 0.05) is 17.7 Å². The van der Waals surface area contributed by atoms with Crippen molar-refractivity contribution in [3.05, 3.63) is 88.7 Å². The highest BCUT2D eigenvalue weighted by Crippen LogP contribution is 2.28. The molecule has 0 aliphatic rings. The highest BCUT2D eigenvalue weighted by atomic mass is 16.2. The van der Waals surface area contributed by atoms with Crippen molar-refractivity contribution in [1.82, 2.24) is 9.55 Å². The molecule has 7 nitrogen and oxygen atoms in total. The number of nitrogens with one attached hydrogen (secondary N) is 2. The monoisotopic (exact) mass is 454 g/mol. The topological polar surface area (TPSA) is 93.1 Å². The smallest absolute Gasteiger partial charge is 0.278 e. The number of para-hydroxylation sites is 3. The second-order valence-electron chi connectivity index (χ2n) is 8.11. The van der Waals surface area contributed by atoms with Crippen molar-refractivity contribution in [3.63, 3.8) is 0 Å². The first-order chi connectivity index (χ1) is 16.4. The second kappa shape index (κ2) is 9.70. The van der Waals surface area contributed by atoms with Crippen molar-refractivity contribution in [2.24, 2.45) is 0 Å². The average Bonchev–Trinajstić information content (AvgIpc) is 2.85. The minimum absolute atomic E-state index is 0.165. The first-order valence-corrected chi connectivity index (χ1v) is 11.2. The molecule has 0 bridgehead atoms. The van der Waals surface area contributed by atoms with E-state index in [4.69, 9.17) is 0 Å². The number of anilines is 2. The number of amides is 2. The molecule has 34 heavy (non-hydrogen) atoms. The molecule has 4 aromatic rings. The lowest BCUT2D eigenvalue weighted by Crippen LogP contribution is -2.33. The molecule has 2 N–H and O–H groups in total. The molecule has 1 atom stereocenters. The number of fused-ring (bicyclic) bond motifs is 1. The predicted octanol–water partition coefficient (Wildman–Crippen LogP) is 4.92. The maximum Gasteiger partial charge on any atom is 0.278 e. The van der Waals surface area contributed by atoms with Crippen LogP contribution >= 0.6 is 0 Å². The third kappa shape index (κ3) is 4.59. The maximum atomic E-state index is 13.8. The van der Waals surface area contributed by atoms with Gasteiger partial charge in [-0.15, -0.1) is 0 Å². The summed E-state index contributed by atoms with van der Waals surface area (Å²) in [6, 6.07) is 21.0. The molecule has 0 unspecified atom stereocenters. The van der Waals surface area contributed by atoms with Gasteiger partial charge in [-0.3, -0.25) is 19.0 Å². The number of carbonyl (C=O) groups is 2. The van der Waals surface area contributed by atoms with E-state index in [-0.39, 0.29) is 17.5 Å². The van der Waals surface area contributed by atoms with Crippen molar-refractivity contribution < 1.29 is 9.59 Å². The van der Waals surface area contributed by atoms with E-state index in [1.165, 1.54) is 4.57 Å². The molecular weight excluding hydrogens is 428 g/mol. The summed E-state index contributed by atoms with van der Waals surface area (Å²) in [5.41, 5.74) is 3.48. The second-order valence-corrected chi connectivity index (χ2v) is 8.11. The standard InChI is InChI=1S/C27H26N4O3/c1-4-24(32)29-21-15-14-17(2)16-20(21)25-27(34)31(23-13-9-8-12-22(23)30-25)18(3)26(33)28-19-10-6-5-7-11-19/h5-16,18H,4H2,1-3H3,(H,28,33)(H,29,32)/t18-/m1/s1. The molecule has 0 aliphatic carbocycles. The summed E-state index contributed by atoms with van der Waals surface area (Å²) in [4.78, 5) is 43.7. The first kappa shape index (κ1) is 22.9.